The Morgan fingerprint density at radius 1 is 1.13 bits per heavy atom. The predicted molar refractivity (Wildman–Crippen MR) is 150 cm³/mol. The van der Waals surface area contributed by atoms with Crippen molar-refractivity contribution in [1.29, 1.82) is 5.26 Å². The van der Waals surface area contributed by atoms with Crippen LogP contribution in [0.1, 0.15) is 24.5 Å². The van der Waals surface area contributed by atoms with Crippen LogP contribution in [-0.2, 0) is 11.2 Å². The van der Waals surface area contributed by atoms with Gasteiger partial charge >= 0.3 is 0 Å². The smallest absolute Gasteiger partial charge is 0.228 e. The SMILES string of the molecule is C#C.CCN.COc1cc2c(N)nc(N3CCN(C(=O)CCc4ccc(C#N)cc4)CC3)nc2c(F)c1OC. The number of aromatic nitrogens is 2. The molecule has 0 aliphatic carbocycles. The first kappa shape index (κ1) is 30.6. The molecule has 4 N–H and O–H groups in total. The average molecular weight is 536 g/mol. The van der Waals surface area contributed by atoms with E-state index in [1.807, 2.05) is 24.0 Å². The number of hydrogen-bond donors (Lipinski definition) is 2. The number of hydrogen-bond acceptors (Lipinski definition) is 9. The van der Waals surface area contributed by atoms with Crippen molar-refractivity contribution in [2.24, 2.45) is 5.73 Å². The molecule has 3 aromatic rings. The number of nitrogens with zero attached hydrogens (tertiary/aromatic N) is 5. The summed E-state index contributed by atoms with van der Waals surface area (Å²) in [5.41, 5.74) is 12.6. The third-order valence-corrected chi connectivity index (χ3v) is 5.92. The predicted octanol–water partition coefficient (Wildman–Crippen LogP) is 2.74. The van der Waals surface area contributed by atoms with E-state index < -0.39 is 5.82 Å². The Hall–Kier alpha value is -4.61. The zero-order chi connectivity index (χ0) is 28.9. The highest BCUT2D eigenvalue weighted by Crippen LogP contribution is 2.37. The number of carbonyl (C=O) groups is 1. The second kappa shape index (κ2) is 15.0. The molecule has 0 saturated carbocycles. The molecule has 1 aromatic heterocycles. The number of terminal acetylenes is 1. The fourth-order valence-electron chi connectivity index (χ4n) is 3.99. The molecule has 0 atom stereocenters. The molecular formula is C28H34FN7O3. The number of anilines is 2. The number of amides is 1. The number of halogens is 1. The van der Waals surface area contributed by atoms with Gasteiger partial charge in [0.1, 0.15) is 11.3 Å². The summed E-state index contributed by atoms with van der Waals surface area (Å²) in [6.45, 7) is 4.66. The van der Waals surface area contributed by atoms with Crippen LogP contribution in [0.2, 0.25) is 0 Å². The minimum atomic E-state index is -0.663. The van der Waals surface area contributed by atoms with Crippen molar-refractivity contribution >= 4 is 28.6 Å². The molecule has 39 heavy (non-hydrogen) atoms. The second-order valence-electron chi connectivity index (χ2n) is 8.32. The van der Waals surface area contributed by atoms with Crippen LogP contribution in [0.5, 0.6) is 11.5 Å². The molecule has 0 unspecified atom stereocenters. The van der Waals surface area contributed by atoms with Crippen molar-refractivity contribution in [3.8, 4) is 30.4 Å². The highest BCUT2D eigenvalue weighted by molar-refractivity contribution is 5.92. The Morgan fingerprint density at radius 3 is 2.28 bits per heavy atom. The van der Waals surface area contributed by atoms with E-state index in [1.54, 1.807) is 23.1 Å². The Bertz CT molecular complexity index is 1310. The lowest BCUT2D eigenvalue weighted by Crippen LogP contribution is -2.49. The van der Waals surface area contributed by atoms with Crippen LogP contribution < -0.4 is 25.8 Å². The monoisotopic (exact) mass is 535 g/mol. The van der Waals surface area contributed by atoms with Crippen LogP contribution in [-0.4, -0.2) is 67.7 Å². The number of rotatable bonds is 6. The van der Waals surface area contributed by atoms with E-state index >= 15 is 4.39 Å². The molecule has 1 fully saturated rings. The largest absolute Gasteiger partial charge is 0.493 e. The van der Waals surface area contributed by atoms with Crippen molar-refractivity contribution in [3.05, 3.63) is 47.3 Å². The molecule has 11 heteroatoms. The molecule has 1 amide bonds. The molecule has 2 heterocycles. The van der Waals surface area contributed by atoms with Gasteiger partial charge in [0.25, 0.3) is 0 Å². The second-order valence-corrected chi connectivity index (χ2v) is 8.32. The third-order valence-electron chi connectivity index (χ3n) is 5.92. The molecule has 1 aliphatic rings. The van der Waals surface area contributed by atoms with E-state index in [-0.39, 0.29) is 28.7 Å². The number of methoxy groups -OCH3 is 2. The lowest BCUT2D eigenvalue weighted by Gasteiger charge is -2.35. The number of nitriles is 1. The van der Waals surface area contributed by atoms with Crippen LogP contribution in [0.3, 0.4) is 0 Å². The number of piperazine rings is 1. The van der Waals surface area contributed by atoms with Gasteiger partial charge in [-0.2, -0.15) is 10.2 Å². The van der Waals surface area contributed by atoms with Crippen molar-refractivity contribution in [2.75, 3.05) is 57.6 Å². The van der Waals surface area contributed by atoms with E-state index in [9.17, 15) is 4.79 Å². The van der Waals surface area contributed by atoms with Gasteiger partial charge in [-0.3, -0.25) is 4.79 Å². The van der Waals surface area contributed by atoms with E-state index in [0.717, 1.165) is 12.1 Å². The number of nitrogen functional groups attached to an aromatic ring is 1. The minimum Gasteiger partial charge on any atom is -0.493 e. The Labute approximate surface area is 228 Å². The van der Waals surface area contributed by atoms with Gasteiger partial charge in [0.2, 0.25) is 11.9 Å². The molecule has 1 saturated heterocycles. The quantitative estimate of drug-likeness (QED) is 0.455. The summed E-state index contributed by atoms with van der Waals surface area (Å²) in [7, 11) is 2.77. The molecule has 0 spiro atoms. The summed E-state index contributed by atoms with van der Waals surface area (Å²) in [5, 5.41) is 9.23. The summed E-state index contributed by atoms with van der Waals surface area (Å²) in [6, 6.07) is 10.9. The Morgan fingerprint density at radius 2 is 1.74 bits per heavy atom. The van der Waals surface area contributed by atoms with Gasteiger partial charge in [0, 0.05) is 38.0 Å². The standard InChI is InChI=1S/C24H25FN6O3.C2H7N.C2H2/c1-33-18-13-17-21(20(25)22(18)34-2)28-24(29-23(17)27)31-11-9-30(10-12-31)19(32)8-7-15-3-5-16(14-26)6-4-15;1-2-3;1-2/h3-6,13H,7-12H2,1-2H3,(H2,27,28,29);2-3H2,1H3;1-2H. The fourth-order valence-corrected chi connectivity index (χ4v) is 3.99. The first-order chi connectivity index (χ1) is 18.9. The first-order valence-corrected chi connectivity index (χ1v) is 12.3. The van der Waals surface area contributed by atoms with Gasteiger partial charge in [-0.25, -0.2) is 9.37 Å². The molecule has 0 radical (unpaired) electrons. The van der Waals surface area contributed by atoms with E-state index in [2.05, 4.69) is 28.9 Å². The highest BCUT2D eigenvalue weighted by Gasteiger charge is 2.25. The number of nitrogens with two attached hydrogens (primary N) is 2. The van der Waals surface area contributed by atoms with Crippen LogP contribution in [0.4, 0.5) is 16.2 Å². The summed E-state index contributed by atoms with van der Waals surface area (Å²) < 4.78 is 25.4. The third kappa shape index (κ3) is 7.46. The van der Waals surface area contributed by atoms with Gasteiger partial charge in [-0.1, -0.05) is 19.1 Å². The molecule has 1 aliphatic heterocycles. The first-order valence-electron chi connectivity index (χ1n) is 12.3. The van der Waals surface area contributed by atoms with E-state index in [4.69, 9.17) is 26.2 Å². The summed E-state index contributed by atoms with van der Waals surface area (Å²) >= 11 is 0. The molecule has 206 valence electrons. The van der Waals surface area contributed by atoms with E-state index in [1.165, 1.54) is 14.2 Å². The van der Waals surface area contributed by atoms with Gasteiger partial charge in [-0.05, 0) is 36.7 Å². The number of aryl methyl sites for hydroxylation is 1. The van der Waals surface area contributed by atoms with Crippen molar-refractivity contribution < 1.29 is 18.7 Å². The van der Waals surface area contributed by atoms with Gasteiger partial charge in [0.15, 0.2) is 17.3 Å². The summed E-state index contributed by atoms with van der Waals surface area (Å²) in [6.07, 6.45) is 9.00. The van der Waals surface area contributed by atoms with Gasteiger partial charge < -0.3 is 30.7 Å². The Balaban J connectivity index is 0.000000998. The molecule has 2 aromatic carbocycles. The zero-order valence-electron chi connectivity index (χ0n) is 22.5. The number of benzene rings is 2. The summed E-state index contributed by atoms with van der Waals surface area (Å²) in [5.74, 6) is 0.0108. The van der Waals surface area contributed by atoms with Crippen molar-refractivity contribution in [2.45, 2.75) is 19.8 Å². The molecular weight excluding hydrogens is 501 g/mol. The zero-order valence-corrected chi connectivity index (χ0v) is 22.5. The van der Waals surface area contributed by atoms with Crippen molar-refractivity contribution in [3.63, 3.8) is 0 Å². The van der Waals surface area contributed by atoms with Crippen LogP contribution in [0.15, 0.2) is 30.3 Å². The minimum absolute atomic E-state index is 0.0447. The van der Waals surface area contributed by atoms with Gasteiger partial charge in [0.05, 0.1) is 25.9 Å². The fraction of sp³-hybridized carbons (Fsp3) is 0.357. The highest BCUT2D eigenvalue weighted by atomic mass is 19.1. The van der Waals surface area contributed by atoms with Gasteiger partial charge in [-0.15, -0.1) is 12.8 Å². The van der Waals surface area contributed by atoms with Crippen LogP contribution in [0, 0.1) is 30.0 Å². The van der Waals surface area contributed by atoms with Crippen LogP contribution in [0.25, 0.3) is 10.9 Å². The maximum atomic E-state index is 15.0. The maximum absolute atomic E-state index is 15.0. The van der Waals surface area contributed by atoms with Crippen LogP contribution >= 0.6 is 0 Å². The molecule has 0 bridgehead atoms. The topological polar surface area (TPSA) is 144 Å². The lowest BCUT2D eigenvalue weighted by molar-refractivity contribution is -0.131. The van der Waals surface area contributed by atoms with E-state index in [0.29, 0.717) is 55.9 Å². The lowest BCUT2D eigenvalue weighted by atomic mass is 10.1. The van der Waals surface area contributed by atoms with Crippen molar-refractivity contribution in [1.82, 2.24) is 14.9 Å². The summed E-state index contributed by atoms with van der Waals surface area (Å²) in [4.78, 5) is 25.1. The Kier molecular flexibility index (Phi) is 11.7. The normalized spacial score (nSPS) is 12.4. The number of fused-ring (bicyclic) bond motifs is 1. The average Bonchev–Trinajstić information content (AvgIpc) is 2.97. The number of ether oxygens (including phenoxy) is 2. The number of carbonyl (C=O) groups excluding carboxylic acids is 1. The molecule has 4 rings (SSSR count). The maximum Gasteiger partial charge on any atom is 0.228 e. The molecule has 10 nitrogen and oxygen atoms in total.